The monoisotopic (exact) mass is 1210 g/mol. The van der Waals surface area contributed by atoms with E-state index in [4.69, 9.17) is 33.4 Å². The minimum atomic E-state index is -3.44. The van der Waals surface area contributed by atoms with Crippen molar-refractivity contribution in [1.29, 1.82) is 0 Å². The van der Waals surface area contributed by atoms with Crippen molar-refractivity contribution in [3.8, 4) is 17.1 Å². The lowest BCUT2D eigenvalue weighted by atomic mass is 9.86. The molecule has 3 aromatic carbocycles. The van der Waals surface area contributed by atoms with Crippen LogP contribution in [-0.4, -0.2) is 167 Å². The Bertz CT molecular complexity index is 3730. The highest BCUT2D eigenvalue weighted by Gasteiger charge is 2.46. The van der Waals surface area contributed by atoms with Crippen molar-refractivity contribution >= 4 is 89.4 Å². The van der Waals surface area contributed by atoms with Crippen LogP contribution in [0.4, 0.5) is 5.69 Å². The van der Waals surface area contributed by atoms with Crippen LogP contribution in [0.3, 0.4) is 0 Å². The second kappa shape index (κ2) is 27.6. The van der Waals surface area contributed by atoms with Gasteiger partial charge in [0.1, 0.15) is 12.6 Å². The number of ether oxygens (including phenoxy) is 6. The molecular formula is C57H63N9O17S2. The average Bonchev–Trinajstić information content (AvgIpc) is 4.16. The van der Waals surface area contributed by atoms with E-state index in [9.17, 15) is 51.9 Å². The summed E-state index contributed by atoms with van der Waals surface area (Å²) in [5.74, 6) is -3.87. The number of anilines is 1. The fraction of sp³-hybridized carbons (Fsp3) is 0.404. The first kappa shape index (κ1) is 61.3. The molecule has 0 fully saturated rings. The number of rotatable bonds is 29. The zero-order valence-corrected chi connectivity index (χ0v) is 48.1. The molecule has 85 heavy (non-hydrogen) atoms. The maximum absolute atomic E-state index is 13.8. The molecule has 450 valence electrons. The van der Waals surface area contributed by atoms with Gasteiger partial charge >= 0.3 is 5.97 Å². The van der Waals surface area contributed by atoms with Crippen LogP contribution < -0.4 is 42.2 Å². The first-order valence-corrected chi connectivity index (χ1v) is 30.0. The van der Waals surface area contributed by atoms with Crippen LogP contribution in [-0.2, 0) is 93.9 Å². The number of nitrogens with one attached hydrogen (secondary N) is 6. The Morgan fingerprint density at radius 3 is 2.16 bits per heavy atom. The van der Waals surface area contributed by atoms with E-state index in [1.807, 2.05) is 0 Å². The zero-order valence-electron chi connectivity index (χ0n) is 46.5. The summed E-state index contributed by atoms with van der Waals surface area (Å²) in [6.45, 7) is 2.62. The molecule has 7 N–H and O–H groups in total. The molecule has 0 bridgehead atoms. The first-order chi connectivity index (χ1) is 40.9. The highest BCUT2D eigenvalue weighted by molar-refractivity contribution is 7.92. The Hall–Kier alpha value is -8.25. The summed E-state index contributed by atoms with van der Waals surface area (Å²) in [7, 11) is -3.44. The van der Waals surface area contributed by atoms with Gasteiger partial charge in [-0.3, -0.25) is 33.6 Å². The van der Waals surface area contributed by atoms with Crippen LogP contribution in [0.1, 0.15) is 57.9 Å². The van der Waals surface area contributed by atoms with Crippen molar-refractivity contribution in [2.24, 2.45) is 0 Å². The van der Waals surface area contributed by atoms with E-state index in [0.717, 1.165) is 28.7 Å². The molecular weight excluding hydrogens is 1150 g/mol. The Balaban J connectivity index is 0.642. The number of cyclic esters (lactones) is 1. The number of esters is 1. The Labute approximate surface area is 490 Å². The van der Waals surface area contributed by atoms with Gasteiger partial charge in [0.2, 0.25) is 43.7 Å². The molecule has 6 amide bonds. The van der Waals surface area contributed by atoms with Crippen LogP contribution in [0, 0.1) is 0 Å². The third kappa shape index (κ3) is 14.8. The summed E-state index contributed by atoms with van der Waals surface area (Å²) in [4.78, 5) is 113. The molecule has 28 heteroatoms. The van der Waals surface area contributed by atoms with Gasteiger partial charge in [-0.2, -0.15) is 0 Å². The number of nitrogens with zero attached hydrogens (tertiary/aromatic N) is 3. The lowest BCUT2D eigenvalue weighted by molar-refractivity contribution is -0.172. The molecule has 0 spiro atoms. The van der Waals surface area contributed by atoms with Gasteiger partial charge in [0.15, 0.2) is 11.4 Å². The Morgan fingerprint density at radius 2 is 1.44 bits per heavy atom. The number of carbonyl (C=O) groups is 7. The minimum Gasteiger partial charge on any atom is -0.490 e. The Kier molecular flexibility index (Phi) is 19.9. The van der Waals surface area contributed by atoms with Gasteiger partial charge in [0.05, 0.1) is 124 Å². The summed E-state index contributed by atoms with van der Waals surface area (Å²) in [5.41, 5.74) is 3.14. The van der Waals surface area contributed by atoms with E-state index >= 15 is 0 Å². The van der Waals surface area contributed by atoms with Gasteiger partial charge in [0, 0.05) is 54.1 Å². The lowest BCUT2D eigenvalue weighted by Gasteiger charge is -2.31. The molecule has 9 rings (SSSR count). The topological polar surface area (TPSA) is 349 Å². The van der Waals surface area contributed by atoms with Crippen LogP contribution in [0.5, 0.6) is 5.75 Å². The Morgan fingerprint density at radius 1 is 0.753 bits per heavy atom. The molecule has 0 saturated carbocycles. The van der Waals surface area contributed by atoms with Gasteiger partial charge in [0.25, 0.3) is 11.5 Å². The summed E-state index contributed by atoms with van der Waals surface area (Å²) < 4.78 is 58.9. The van der Waals surface area contributed by atoms with Crippen molar-refractivity contribution in [1.82, 2.24) is 41.1 Å². The third-order valence-corrected chi connectivity index (χ3v) is 16.8. The fourth-order valence-electron chi connectivity index (χ4n) is 9.78. The highest BCUT2D eigenvalue weighted by atomic mass is 32.2. The molecule has 6 aromatic rings. The van der Waals surface area contributed by atoms with E-state index < -0.39 is 76.6 Å². The largest absolute Gasteiger partial charge is 0.490 e. The average molecular weight is 1210 g/mol. The lowest BCUT2D eigenvalue weighted by Crippen LogP contribution is -2.52. The molecule has 3 aromatic heterocycles. The van der Waals surface area contributed by atoms with Crippen LogP contribution in [0.25, 0.3) is 32.5 Å². The van der Waals surface area contributed by atoms with E-state index in [0.29, 0.717) is 87.9 Å². The van der Waals surface area contributed by atoms with Gasteiger partial charge in [-0.25, -0.2) is 23.2 Å². The second-order valence-corrected chi connectivity index (χ2v) is 23.2. The first-order valence-electron chi connectivity index (χ1n) is 27.3. The number of aromatic nitrogens is 3. The number of pyridine rings is 2. The minimum absolute atomic E-state index is 0.00457. The summed E-state index contributed by atoms with van der Waals surface area (Å²) in [6, 6.07) is 17.5. The van der Waals surface area contributed by atoms with Gasteiger partial charge in [-0.05, 0) is 53.9 Å². The number of hydrogen-bond acceptors (Lipinski definition) is 20. The number of benzene rings is 3. The number of amides is 6. The zero-order chi connectivity index (χ0) is 60.3. The molecule has 6 heterocycles. The SMILES string of the molecule is CC[C@@]1(O)C(=O)OCc2c1cc1n(c2=O)Cc2c-1nc1ccc(NC(=O)CNC(=O)[C@H](Cc3ccccc3)NC(=O)CNC(=O)CNC(=O)CCOCCOCCOCCOCCNC(=O)c3ccc4nc(S(C)(=O)=O)sc4c3)c3c1c2CCO3. The molecule has 0 radical (unpaired) electrons. The van der Waals surface area contributed by atoms with Crippen LogP contribution in [0.2, 0.25) is 0 Å². The van der Waals surface area contributed by atoms with Crippen LogP contribution >= 0.6 is 11.3 Å². The standard InChI is InChI=1S/C57H63N9O17S2/c1-3-57(75)38-27-43-50-36(31-66(43)54(73)37(38)32-83-55(57)74)35-13-17-82-51-41(12-11-40(64-50)49(35)51)62-48(70)30-61-53(72)42(25-33-7-5-4-6-8-33)63-47(69)29-60-46(68)28-59-45(67)14-16-78-19-21-80-23-24-81-22-20-79-18-15-58-52(71)34-9-10-39-44(26-34)84-56(65-39)85(2,76)77/h4-12,26-27,42,75H,3,13-25,28-32H2,1-2H3,(H,58,71)(H,59,67)(H,60,68)(H,61,72)(H,62,70)(H,63,69)/t42-,57-/m0/s1. The van der Waals surface area contributed by atoms with Crippen molar-refractivity contribution in [3.63, 3.8) is 0 Å². The summed E-state index contributed by atoms with van der Waals surface area (Å²) in [5, 5.41) is 27.6. The van der Waals surface area contributed by atoms with Gasteiger partial charge < -0.3 is 70.0 Å². The highest BCUT2D eigenvalue weighted by Crippen LogP contribution is 2.45. The maximum atomic E-state index is 13.8. The second-order valence-electron chi connectivity index (χ2n) is 20.0. The number of sulfone groups is 1. The fourth-order valence-corrected chi connectivity index (χ4v) is 11.7. The molecule has 3 aliphatic heterocycles. The quantitative estimate of drug-likeness (QED) is 0.0253. The number of thiazole rings is 1. The molecule has 0 aliphatic carbocycles. The summed E-state index contributed by atoms with van der Waals surface area (Å²) >= 11 is 1.01. The predicted molar refractivity (Wildman–Crippen MR) is 306 cm³/mol. The van der Waals surface area contributed by atoms with Crippen molar-refractivity contribution in [2.75, 3.05) is 97.2 Å². The van der Waals surface area contributed by atoms with E-state index in [-0.39, 0.29) is 98.9 Å². The molecule has 26 nitrogen and oxygen atoms in total. The van der Waals surface area contributed by atoms with E-state index in [1.54, 1.807) is 78.2 Å². The maximum Gasteiger partial charge on any atom is 0.343 e. The molecule has 2 atom stereocenters. The molecule has 0 saturated heterocycles. The van der Waals surface area contributed by atoms with Gasteiger partial charge in [-0.15, -0.1) is 11.3 Å². The number of fused-ring (bicyclic) bond motifs is 6. The normalized spacial score (nSPS) is 15.2. The van der Waals surface area contributed by atoms with Crippen LogP contribution in [0.15, 0.2) is 75.9 Å². The predicted octanol–water partition coefficient (Wildman–Crippen LogP) is 0.929. The molecule has 0 unspecified atom stereocenters. The molecule has 3 aliphatic rings. The smallest absolute Gasteiger partial charge is 0.343 e. The number of carbonyl (C=O) groups excluding carboxylic acids is 7. The van der Waals surface area contributed by atoms with Crippen molar-refractivity contribution < 1.29 is 75.5 Å². The van der Waals surface area contributed by atoms with Crippen molar-refractivity contribution in [2.45, 2.75) is 61.7 Å². The number of hydrogen-bond donors (Lipinski definition) is 7. The van der Waals surface area contributed by atoms with E-state index in [2.05, 4.69) is 36.9 Å². The number of aliphatic hydroxyl groups is 1. The van der Waals surface area contributed by atoms with Gasteiger partial charge in [-0.1, -0.05) is 37.3 Å². The van der Waals surface area contributed by atoms with E-state index in [1.165, 1.54) is 0 Å². The summed E-state index contributed by atoms with van der Waals surface area (Å²) in [6.07, 6.45) is 1.58. The van der Waals surface area contributed by atoms with Crippen molar-refractivity contribution in [3.05, 3.63) is 110 Å². The third-order valence-electron chi connectivity index (χ3n) is 14.1.